The second kappa shape index (κ2) is 7.68. The second-order valence-electron chi connectivity index (χ2n) is 5.68. The summed E-state index contributed by atoms with van der Waals surface area (Å²) in [4.78, 5) is 12.1. The molecule has 0 radical (unpaired) electrons. The number of hydrazine groups is 1. The zero-order chi connectivity index (χ0) is 18.5. The van der Waals surface area contributed by atoms with Crippen molar-refractivity contribution < 1.29 is 9.90 Å². The number of hydrogen-bond acceptors (Lipinski definition) is 6. The molecule has 0 bridgehead atoms. The highest BCUT2D eigenvalue weighted by atomic mass is 16.3. The summed E-state index contributed by atoms with van der Waals surface area (Å²) in [6.07, 6.45) is -0.822. The molecule has 0 saturated heterocycles. The summed E-state index contributed by atoms with van der Waals surface area (Å²) < 4.78 is 1.38. The molecule has 0 aliphatic carbocycles. The number of carbonyl (C=O) groups excluding carboxylic acids is 1. The molecular weight excluding hydrogens is 332 g/mol. The van der Waals surface area contributed by atoms with Crippen LogP contribution >= 0.6 is 0 Å². The summed E-state index contributed by atoms with van der Waals surface area (Å²) in [6.45, 7) is 0.0944. The fourth-order valence-electron chi connectivity index (χ4n) is 2.60. The van der Waals surface area contributed by atoms with Gasteiger partial charge in [-0.05, 0) is 17.7 Å². The van der Waals surface area contributed by atoms with E-state index < -0.39 is 12.0 Å². The number of hydrogen-bond donors (Lipinski definition) is 5. The van der Waals surface area contributed by atoms with Crippen LogP contribution < -0.4 is 22.3 Å². The summed E-state index contributed by atoms with van der Waals surface area (Å²) in [7, 11) is 0. The zero-order valence-electron chi connectivity index (χ0n) is 14.0. The number of amides is 1. The molecule has 1 aromatic heterocycles. The molecular formula is C18H20N6O2. The number of aliphatic hydroxyl groups is 1. The molecule has 7 N–H and O–H groups in total. The van der Waals surface area contributed by atoms with E-state index in [0.29, 0.717) is 0 Å². The Balaban J connectivity index is 1.92. The van der Waals surface area contributed by atoms with Gasteiger partial charge in [-0.2, -0.15) is 5.10 Å². The number of carbonyl (C=O) groups is 1. The minimum Gasteiger partial charge on any atom is -0.386 e. The topological polar surface area (TPSA) is 131 Å². The molecule has 0 saturated carbocycles. The van der Waals surface area contributed by atoms with Crippen LogP contribution in [0.4, 0.5) is 17.3 Å². The van der Waals surface area contributed by atoms with Crippen molar-refractivity contribution in [2.75, 3.05) is 11.1 Å². The summed E-state index contributed by atoms with van der Waals surface area (Å²) in [6, 6.07) is 18.4. The number of nitrogens with zero attached hydrogens (tertiary/aromatic N) is 2. The van der Waals surface area contributed by atoms with Crippen molar-refractivity contribution in [3.05, 3.63) is 71.8 Å². The molecule has 3 rings (SSSR count). The summed E-state index contributed by atoms with van der Waals surface area (Å²) >= 11 is 0. The van der Waals surface area contributed by atoms with E-state index in [1.165, 1.54) is 4.68 Å². The molecule has 3 aromatic rings. The van der Waals surface area contributed by atoms with E-state index in [2.05, 4.69) is 15.8 Å². The molecule has 2 aromatic carbocycles. The number of rotatable bonds is 6. The van der Waals surface area contributed by atoms with Crippen molar-refractivity contribution in [2.24, 2.45) is 5.84 Å². The lowest BCUT2D eigenvalue weighted by molar-refractivity contribution is 0.0955. The number of aromatic nitrogens is 2. The number of nitrogens with two attached hydrogens (primary N) is 2. The van der Waals surface area contributed by atoms with Crippen LogP contribution in [-0.2, 0) is 6.54 Å². The van der Waals surface area contributed by atoms with Crippen LogP contribution in [0, 0.1) is 0 Å². The van der Waals surface area contributed by atoms with Crippen molar-refractivity contribution in [1.82, 2.24) is 15.2 Å². The lowest BCUT2D eigenvalue weighted by Gasteiger charge is -2.12. The second-order valence-corrected chi connectivity index (χ2v) is 5.68. The van der Waals surface area contributed by atoms with E-state index in [1.807, 2.05) is 48.5 Å². The molecule has 1 atom stereocenters. The quantitative estimate of drug-likeness (QED) is 0.260. The Morgan fingerprint density at radius 3 is 2.35 bits per heavy atom. The fourth-order valence-corrected chi connectivity index (χ4v) is 2.60. The summed E-state index contributed by atoms with van der Waals surface area (Å²) in [5, 5.41) is 17.8. The molecule has 1 heterocycles. The van der Waals surface area contributed by atoms with E-state index in [4.69, 9.17) is 11.6 Å². The first-order valence-electron chi connectivity index (χ1n) is 8.02. The third-order valence-corrected chi connectivity index (χ3v) is 3.92. The Bertz CT molecular complexity index is 879. The van der Waals surface area contributed by atoms with Gasteiger partial charge in [0, 0.05) is 5.69 Å². The van der Waals surface area contributed by atoms with Crippen LogP contribution in [0.1, 0.15) is 22.0 Å². The van der Waals surface area contributed by atoms with E-state index in [9.17, 15) is 9.90 Å². The first kappa shape index (κ1) is 17.5. The first-order chi connectivity index (χ1) is 12.6. The van der Waals surface area contributed by atoms with E-state index in [0.717, 1.165) is 11.3 Å². The minimum atomic E-state index is -0.822. The molecule has 26 heavy (non-hydrogen) atoms. The van der Waals surface area contributed by atoms with Crippen molar-refractivity contribution in [2.45, 2.75) is 12.6 Å². The van der Waals surface area contributed by atoms with Gasteiger partial charge in [0.25, 0.3) is 5.91 Å². The van der Waals surface area contributed by atoms with Crippen LogP contribution in [-0.4, -0.2) is 20.8 Å². The number of nitrogen functional groups attached to an aromatic ring is 2. The number of nitrogens with one attached hydrogen (secondary N) is 2. The lowest BCUT2D eigenvalue weighted by atomic mass is 10.1. The molecule has 0 fully saturated rings. The van der Waals surface area contributed by atoms with Crippen molar-refractivity contribution in [3.63, 3.8) is 0 Å². The van der Waals surface area contributed by atoms with Gasteiger partial charge in [-0.25, -0.2) is 10.5 Å². The van der Waals surface area contributed by atoms with Gasteiger partial charge in [0.2, 0.25) is 0 Å². The highest BCUT2D eigenvalue weighted by molar-refractivity contribution is 6.03. The first-order valence-corrected chi connectivity index (χ1v) is 8.02. The number of anilines is 3. The third kappa shape index (κ3) is 3.66. The van der Waals surface area contributed by atoms with Crippen LogP contribution in [0.3, 0.4) is 0 Å². The van der Waals surface area contributed by atoms with Crippen molar-refractivity contribution >= 4 is 23.2 Å². The maximum atomic E-state index is 12.1. The highest BCUT2D eigenvalue weighted by Crippen LogP contribution is 2.26. The van der Waals surface area contributed by atoms with Crippen LogP contribution in [0.5, 0.6) is 0 Å². The van der Waals surface area contributed by atoms with Gasteiger partial charge >= 0.3 is 0 Å². The summed E-state index contributed by atoms with van der Waals surface area (Å²) in [5.74, 6) is 5.07. The normalized spacial score (nSPS) is 11.8. The number of para-hydroxylation sites is 1. The largest absolute Gasteiger partial charge is 0.386 e. The monoisotopic (exact) mass is 352 g/mol. The van der Waals surface area contributed by atoms with Gasteiger partial charge < -0.3 is 16.2 Å². The average molecular weight is 352 g/mol. The van der Waals surface area contributed by atoms with Gasteiger partial charge in [-0.15, -0.1) is 0 Å². The molecule has 8 heteroatoms. The Hall–Kier alpha value is -3.36. The highest BCUT2D eigenvalue weighted by Gasteiger charge is 2.23. The summed E-state index contributed by atoms with van der Waals surface area (Å²) in [5.41, 5.74) is 9.76. The average Bonchev–Trinajstić information content (AvgIpc) is 2.97. The zero-order valence-corrected chi connectivity index (χ0v) is 14.0. The van der Waals surface area contributed by atoms with E-state index >= 15 is 0 Å². The Kier molecular flexibility index (Phi) is 5.16. The Labute approximate surface area is 150 Å². The molecule has 134 valence electrons. The minimum absolute atomic E-state index is 0.0944. The fraction of sp³-hybridized carbons (Fsp3) is 0.111. The molecule has 0 aliphatic rings. The molecule has 1 unspecified atom stereocenters. The maximum absolute atomic E-state index is 12.1. The van der Waals surface area contributed by atoms with Gasteiger partial charge in [0.15, 0.2) is 5.82 Å². The third-order valence-electron chi connectivity index (χ3n) is 3.92. The Morgan fingerprint density at radius 1 is 1.12 bits per heavy atom. The smallest absolute Gasteiger partial charge is 0.272 e. The maximum Gasteiger partial charge on any atom is 0.272 e. The molecule has 0 spiro atoms. The van der Waals surface area contributed by atoms with Gasteiger partial charge in [-0.1, -0.05) is 48.5 Å². The molecule has 0 aliphatic heterocycles. The Morgan fingerprint density at radius 2 is 1.73 bits per heavy atom. The van der Waals surface area contributed by atoms with E-state index in [1.54, 1.807) is 12.1 Å². The van der Waals surface area contributed by atoms with Crippen molar-refractivity contribution in [3.8, 4) is 0 Å². The number of aliphatic hydroxyl groups excluding tert-OH is 1. The predicted molar refractivity (Wildman–Crippen MR) is 99.4 cm³/mol. The number of benzene rings is 2. The standard InChI is InChI=1S/C18H20N6O2/c19-16-15(18(26)22-20)17(21-13-9-5-2-6-10-13)23-24(16)11-14(25)12-7-3-1-4-8-12/h1-10,14,25H,11,19-20H2,(H,21,23)(H,22,26). The van der Waals surface area contributed by atoms with Gasteiger partial charge in [0.05, 0.1) is 12.6 Å². The van der Waals surface area contributed by atoms with Crippen LogP contribution in [0.25, 0.3) is 0 Å². The lowest BCUT2D eigenvalue weighted by Crippen LogP contribution is -2.31. The van der Waals surface area contributed by atoms with Crippen LogP contribution in [0.15, 0.2) is 60.7 Å². The van der Waals surface area contributed by atoms with E-state index in [-0.39, 0.29) is 23.7 Å². The SMILES string of the molecule is NNC(=O)c1c(Nc2ccccc2)nn(CC(O)c2ccccc2)c1N. The van der Waals surface area contributed by atoms with Crippen molar-refractivity contribution in [1.29, 1.82) is 0 Å². The molecule has 8 nitrogen and oxygen atoms in total. The van der Waals surface area contributed by atoms with Gasteiger partial charge in [-0.3, -0.25) is 10.2 Å². The van der Waals surface area contributed by atoms with Crippen LogP contribution in [0.2, 0.25) is 0 Å². The van der Waals surface area contributed by atoms with Gasteiger partial charge in [0.1, 0.15) is 11.4 Å². The predicted octanol–water partition coefficient (Wildman–Crippen LogP) is 1.55. The molecule has 1 amide bonds.